The van der Waals surface area contributed by atoms with E-state index in [1.165, 1.54) is 4.31 Å². The second-order valence-corrected chi connectivity index (χ2v) is 10.7. The predicted octanol–water partition coefficient (Wildman–Crippen LogP) is 2.95. The van der Waals surface area contributed by atoms with Gasteiger partial charge in [0, 0.05) is 32.1 Å². The summed E-state index contributed by atoms with van der Waals surface area (Å²) in [6, 6.07) is 14.1. The Bertz CT molecular complexity index is 1140. The number of amides is 2. The number of hydrogen-bond donors (Lipinski definition) is 1. The van der Waals surface area contributed by atoms with Gasteiger partial charge in [0.05, 0.1) is 11.9 Å². The summed E-state index contributed by atoms with van der Waals surface area (Å²) >= 11 is 0. The van der Waals surface area contributed by atoms with Crippen LogP contribution in [0.4, 0.5) is 5.69 Å². The van der Waals surface area contributed by atoms with Crippen LogP contribution in [0, 0.1) is 0 Å². The molecule has 0 bridgehead atoms. The van der Waals surface area contributed by atoms with Gasteiger partial charge < -0.3 is 19.7 Å². The standard InChI is InChI=1S/C26H35N3O6S/c1-4-15-27-26(31)20(2)28(17-14-21-9-6-5-7-10-21)25(30)11-8-16-29(36(3,32)33)22-12-13-23-24(18-22)35-19-34-23/h5-7,9-10,12-13,18,20H,4,8,11,14-17,19H2,1-3H3,(H,27,31)/t20-/m1/s1. The van der Waals surface area contributed by atoms with E-state index in [-0.39, 0.29) is 31.6 Å². The SMILES string of the molecule is CCCNC(=O)[C@@H](C)N(CCc1ccccc1)C(=O)CCCN(c1ccc2c(c1)OCO2)S(C)(=O)=O. The molecule has 0 aromatic heterocycles. The smallest absolute Gasteiger partial charge is 0.242 e. The summed E-state index contributed by atoms with van der Waals surface area (Å²) < 4.78 is 36.9. The van der Waals surface area contributed by atoms with Crippen LogP contribution in [0.2, 0.25) is 0 Å². The van der Waals surface area contributed by atoms with Gasteiger partial charge in [-0.2, -0.15) is 0 Å². The molecule has 1 heterocycles. The van der Waals surface area contributed by atoms with Crippen molar-refractivity contribution >= 4 is 27.5 Å². The molecule has 0 aliphatic carbocycles. The summed E-state index contributed by atoms with van der Waals surface area (Å²) in [7, 11) is -3.59. The lowest BCUT2D eigenvalue weighted by atomic mass is 10.1. The van der Waals surface area contributed by atoms with E-state index in [2.05, 4.69) is 5.32 Å². The zero-order valence-corrected chi connectivity index (χ0v) is 21.9. The van der Waals surface area contributed by atoms with Crippen LogP contribution in [0.25, 0.3) is 0 Å². The summed E-state index contributed by atoms with van der Waals surface area (Å²) in [5.41, 5.74) is 1.52. The minimum absolute atomic E-state index is 0.0923. The van der Waals surface area contributed by atoms with Crippen LogP contribution in [-0.4, -0.2) is 63.9 Å². The number of anilines is 1. The quantitative estimate of drug-likeness (QED) is 0.438. The third-order valence-electron chi connectivity index (χ3n) is 6.00. The third-order valence-corrected chi connectivity index (χ3v) is 7.19. The van der Waals surface area contributed by atoms with Crippen LogP contribution in [0.3, 0.4) is 0 Å². The lowest BCUT2D eigenvalue weighted by Crippen LogP contribution is -2.49. The number of hydrogen-bond acceptors (Lipinski definition) is 6. The molecule has 0 spiro atoms. The third kappa shape index (κ3) is 7.36. The molecule has 9 nitrogen and oxygen atoms in total. The Kier molecular flexibility index (Phi) is 9.58. The summed E-state index contributed by atoms with van der Waals surface area (Å²) in [6.45, 7) is 4.84. The maximum absolute atomic E-state index is 13.2. The van der Waals surface area contributed by atoms with Crippen molar-refractivity contribution in [1.29, 1.82) is 0 Å². The fourth-order valence-electron chi connectivity index (χ4n) is 4.01. The summed E-state index contributed by atoms with van der Waals surface area (Å²) in [5, 5.41) is 2.86. The molecule has 2 aromatic carbocycles. The Morgan fingerprint density at radius 3 is 2.47 bits per heavy atom. The molecule has 1 atom stereocenters. The predicted molar refractivity (Wildman–Crippen MR) is 139 cm³/mol. The van der Waals surface area contributed by atoms with Crippen molar-refractivity contribution in [2.45, 2.75) is 45.6 Å². The molecule has 0 saturated heterocycles. The second kappa shape index (κ2) is 12.6. The Morgan fingerprint density at radius 1 is 1.06 bits per heavy atom. The van der Waals surface area contributed by atoms with Crippen molar-refractivity contribution in [1.82, 2.24) is 10.2 Å². The van der Waals surface area contributed by atoms with E-state index in [1.807, 2.05) is 37.3 Å². The van der Waals surface area contributed by atoms with Crippen molar-refractivity contribution < 1.29 is 27.5 Å². The minimum Gasteiger partial charge on any atom is -0.454 e. The zero-order valence-electron chi connectivity index (χ0n) is 21.1. The highest BCUT2D eigenvalue weighted by Crippen LogP contribution is 2.36. The Balaban J connectivity index is 1.67. The van der Waals surface area contributed by atoms with Gasteiger partial charge in [0.25, 0.3) is 0 Å². The molecule has 1 aliphatic heterocycles. The van der Waals surface area contributed by atoms with Gasteiger partial charge in [-0.1, -0.05) is 37.3 Å². The van der Waals surface area contributed by atoms with Crippen molar-refractivity contribution in [3.8, 4) is 11.5 Å². The first-order chi connectivity index (χ1) is 17.2. The van der Waals surface area contributed by atoms with Crippen LogP contribution in [0.15, 0.2) is 48.5 Å². The van der Waals surface area contributed by atoms with E-state index in [0.29, 0.717) is 43.1 Å². The average Bonchev–Trinajstić information content (AvgIpc) is 3.33. The number of carbonyl (C=O) groups excluding carboxylic acids is 2. The number of sulfonamides is 1. The molecular formula is C26H35N3O6S. The first kappa shape index (κ1) is 27.3. The van der Waals surface area contributed by atoms with Gasteiger partial charge in [-0.3, -0.25) is 13.9 Å². The Labute approximate surface area is 213 Å². The van der Waals surface area contributed by atoms with Gasteiger partial charge in [0.15, 0.2) is 11.5 Å². The van der Waals surface area contributed by atoms with Gasteiger partial charge >= 0.3 is 0 Å². The molecule has 2 amide bonds. The van der Waals surface area contributed by atoms with Crippen molar-refractivity contribution in [2.75, 3.05) is 37.0 Å². The number of nitrogens with one attached hydrogen (secondary N) is 1. The molecular weight excluding hydrogens is 482 g/mol. The summed E-state index contributed by atoms with van der Waals surface area (Å²) in [6.07, 6.45) is 2.95. The van der Waals surface area contributed by atoms with E-state index in [4.69, 9.17) is 9.47 Å². The monoisotopic (exact) mass is 517 g/mol. The summed E-state index contributed by atoms with van der Waals surface area (Å²) in [5.74, 6) is 0.656. The highest BCUT2D eigenvalue weighted by atomic mass is 32.2. The topological polar surface area (TPSA) is 105 Å². The van der Waals surface area contributed by atoms with Gasteiger partial charge in [0.1, 0.15) is 6.04 Å². The molecule has 36 heavy (non-hydrogen) atoms. The molecule has 2 aromatic rings. The highest BCUT2D eigenvalue weighted by Gasteiger charge is 2.26. The summed E-state index contributed by atoms with van der Waals surface area (Å²) in [4.78, 5) is 27.5. The largest absolute Gasteiger partial charge is 0.454 e. The van der Waals surface area contributed by atoms with E-state index in [9.17, 15) is 18.0 Å². The van der Waals surface area contributed by atoms with Crippen LogP contribution in [0.1, 0.15) is 38.7 Å². The van der Waals surface area contributed by atoms with E-state index in [0.717, 1.165) is 18.2 Å². The van der Waals surface area contributed by atoms with Gasteiger partial charge in [-0.25, -0.2) is 8.42 Å². The van der Waals surface area contributed by atoms with Crippen LogP contribution in [-0.2, 0) is 26.0 Å². The number of carbonyl (C=O) groups is 2. The van der Waals surface area contributed by atoms with Gasteiger partial charge in [0.2, 0.25) is 28.6 Å². The molecule has 3 rings (SSSR count). The first-order valence-corrected chi connectivity index (χ1v) is 14.0. The zero-order chi connectivity index (χ0) is 26.1. The lowest BCUT2D eigenvalue weighted by Gasteiger charge is -2.29. The maximum atomic E-state index is 13.2. The number of ether oxygens (including phenoxy) is 2. The van der Waals surface area contributed by atoms with Crippen LogP contribution >= 0.6 is 0 Å². The first-order valence-electron chi connectivity index (χ1n) is 12.2. The second-order valence-electron chi connectivity index (χ2n) is 8.77. The van der Waals surface area contributed by atoms with Gasteiger partial charge in [-0.15, -0.1) is 0 Å². The normalized spacial score (nSPS) is 13.2. The molecule has 196 valence electrons. The molecule has 1 aliphatic rings. The molecule has 0 radical (unpaired) electrons. The van der Waals surface area contributed by atoms with Gasteiger partial charge in [-0.05, 0) is 43.9 Å². The number of fused-ring (bicyclic) bond motifs is 1. The van der Waals surface area contributed by atoms with Crippen molar-refractivity contribution in [3.63, 3.8) is 0 Å². The fraction of sp³-hybridized carbons (Fsp3) is 0.462. The average molecular weight is 518 g/mol. The minimum atomic E-state index is -3.59. The number of benzene rings is 2. The molecule has 0 unspecified atom stereocenters. The number of nitrogens with zero attached hydrogens (tertiary/aromatic N) is 2. The highest BCUT2D eigenvalue weighted by molar-refractivity contribution is 7.92. The van der Waals surface area contributed by atoms with Crippen LogP contribution in [0.5, 0.6) is 11.5 Å². The van der Waals surface area contributed by atoms with Crippen LogP contribution < -0.4 is 19.1 Å². The van der Waals surface area contributed by atoms with Crippen molar-refractivity contribution in [3.05, 3.63) is 54.1 Å². The van der Waals surface area contributed by atoms with E-state index in [1.54, 1.807) is 30.0 Å². The fourth-order valence-corrected chi connectivity index (χ4v) is 4.97. The maximum Gasteiger partial charge on any atom is 0.242 e. The lowest BCUT2D eigenvalue weighted by molar-refractivity contribution is -0.139. The molecule has 0 saturated carbocycles. The number of rotatable bonds is 13. The molecule has 0 fully saturated rings. The molecule has 1 N–H and O–H groups in total. The van der Waals surface area contributed by atoms with Crippen molar-refractivity contribution in [2.24, 2.45) is 0 Å². The van der Waals surface area contributed by atoms with E-state index < -0.39 is 16.1 Å². The Hall–Kier alpha value is -3.27. The Morgan fingerprint density at radius 2 is 1.78 bits per heavy atom. The van der Waals surface area contributed by atoms with E-state index >= 15 is 0 Å². The molecule has 10 heteroatoms.